The second kappa shape index (κ2) is 5.94. The minimum absolute atomic E-state index is 0.319. The molecule has 0 spiro atoms. The molecule has 0 bridgehead atoms. The third-order valence-corrected chi connectivity index (χ3v) is 3.59. The zero-order valence-corrected chi connectivity index (χ0v) is 11.8. The van der Waals surface area contributed by atoms with Gasteiger partial charge in [0.25, 0.3) is 0 Å². The van der Waals surface area contributed by atoms with E-state index < -0.39 is 12.0 Å². The van der Waals surface area contributed by atoms with Gasteiger partial charge >= 0.3 is 12.0 Å². The molecule has 1 aromatic heterocycles. The number of piperidine rings is 1. The van der Waals surface area contributed by atoms with E-state index in [9.17, 15) is 9.59 Å². The molecule has 110 valence electrons. The lowest BCUT2D eigenvalue weighted by atomic mass is 10.0. The molecule has 2 heterocycles. The van der Waals surface area contributed by atoms with E-state index in [1.54, 1.807) is 4.68 Å². The summed E-state index contributed by atoms with van der Waals surface area (Å²) < 4.78 is 1.69. The molecular formula is C13H20N4O3. The molecular weight excluding hydrogens is 260 g/mol. The Morgan fingerprint density at radius 1 is 1.50 bits per heavy atom. The number of aromatic nitrogens is 2. The topological polar surface area (TPSA) is 87.5 Å². The summed E-state index contributed by atoms with van der Waals surface area (Å²) >= 11 is 0. The van der Waals surface area contributed by atoms with E-state index in [0.717, 1.165) is 24.1 Å². The minimum atomic E-state index is -0.933. The maximum absolute atomic E-state index is 12.1. The fourth-order valence-electron chi connectivity index (χ4n) is 2.53. The SMILES string of the molecule is Cc1nn(C)cc1CNC(=O)N1CCCCC1C(=O)O. The molecule has 1 atom stereocenters. The molecule has 7 nitrogen and oxygen atoms in total. The molecule has 0 saturated carbocycles. The van der Waals surface area contributed by atoms with Gasteiger partial charge in [0, 0.05) is 31.9 Å². The van der Waals surface area contributed by atoms with Crippen molar-refractivity contribution in [1.29, 1.82) is 0 Å². The fraction of sp³-hybridized carbons (Fsp3) is 0.615. The third-order valence-electron chi connectivity index (χ3n) is 3.59. The number of carboxylic acids is 1. The van der Waals surface area contributed by atoms with E-state index >= 15 is 0 Å². The first-order chi connectivity index (χ1) is 9.49. The van der Waals surface area contributed by atoms with Gasteiger partial charge in [-0.25, -0.2) is 9.59 Å². The number of rotatable bonds is 3. The average Bonchev–Trinajstić information content (AvgIpc) is 2.74. The lowest BCUT2D eigenvalue weighted by Crippen LogP contribution is -2.51. The normalized spacial score (nSPS) is 18.9. The Morgan fingerprint density at radius 2 is 2.25 bits per heavy atom. The van der Waals surface area contributed by atoms with E-state index in [-0.39, 0.29) is 6.03 Å². The predicted octanol–water partition coefficient (Wildman–Crippen LogP) is 0.877. The highest BCUT2D eigenvalue weighted by atomic mass is 16.4. The average molecular weight is 280 g/mol. The van der Waals surface area contributed by atoms with Crippen molar-refractivity contribution in [2.24, 2.45) is 7.05 Å². The van der Waals surface area contributed by atoms with Crippen molar-refractivity contribution in [1.82, 2.24) is 20.0 Å². The Labute approximate surface area is 117 Å². The van der Waals surface area contributed by atoms with Crippen molar-refractivity contribution in [3.63, 3.8) is 0 Å². The fourth-order valence-corrected chi connectivity index (χ4v) is 2.53. The summed E-state index contributed by atoms with van der Waals surface area (Å²) in [7, 11) is 1.82. The molecule has 0 aliphatic carbocycles. The number of hydrogen-bond donors (Lipinski definition) is 2. The second-order valence-electron chi connectivity index (χ2n) is 5.12. The maximum Gasteiger partial charge on any atom is 0.326 e. The summed E-state index contributed by atoms with van der Waals surface area (Å²) in [5, 5.41) is 16.1. The Morgan fingerprint density at radius 3 is 2.85 bits per heavy atom. The molecule has 0 radical (unpaired) electrons. The first-order valence-corrected chi connectivity index (χ1v) is 6.75. The van der Waals surface area contributed by atoms with Crippen LogP contribution in [0.3, 0.4) is 0 Å². The Bertz CT molecular complexity index is 512. The molecule has 1 unspecified atom stereocenters. The molecule has 2 amide bonds. The smallest absolute Gasteiger partial charge is 0.326 e. The van der Waals surface area contributed by atoms with Crippen LogP contribution in [0.1, 0.15) is 30.5 Å². The highest BCUT2D eigenvalue weighted by Gasteiger charge is 2.31. The first kappa shape index (κ1) is 14.4. The highest BCUT2D eigenvalue weighted by molar-refractivity contribution is 5.82. The number of nitrogens with zero attached hydrogens (tertiary/aromatic N) is 3. The quantitative estimate of drug-likeness (QED) is 0.860. The molecule has 1 aliphatic rings. The Kier molecular flexibility index (Phi) is 4.26. The number of carbonyl (C=O) groups excluding carboxylic acids is 1. The van der Waals surface area contributed by atoms with Gasteiger partial charge in [-0.1, -0.05) is 0 Å². The van der Waals surface area contributed by atoms with Crippen molar-refractivity contribution in [3.05, 3.63) is 17.5 Å². The third kappa shape index (κ3) is 3.09. The Hall–Kier alpha value is -2.05. The number of hydrogen-bond acceptors (Lipinski definition) is 3. The molecule has 0 aromatic carbocycles. The lowest BCUT2D eigenvalue weighted by Gasteiger charge is -2.32. The van der Waals surface area contributed by atoms with E-state index in [2.05, 4.69) is 10.4 Å². The molecule has 2 rings (SSSR count). The number of likely N-dealkylation sites (tertiary alicyclic amines) is 1. The summed E-state index contributed by atoms with van der Waals surface area (Å²) in [5.74, 6) is -0.933. The van der Waals surface area contributed by atoms with Crippen molar-refractivity contribution >= 4 is 12.0 Å². The van der Waals surface area contributed by atoms with Gasteiger partial charge in [0.1, 0.15) is 6.04 Å². The van der Waals surface area contributed by atoms with Crippen LogP contribution in [-0.4, -0.2) is 44.4 Å². The van der Waals surface area contributed by atoms with Gasteiger partial charge in [0.05, 0.1) is 5.69 Å². The number of nitrogens with one attached hydrogen (secondary N) is 1. The van der Waals surface area contributed by atoms with Crippen LogP contribution in [0.2, 0.25) is 0 Å². The molecule has 7 heteroatoms. The summed E-state index contributed by atoms with van der Waals surface area (Å²) in [6.07, 6.45) is 4.07. The maximum atomic E-state index is 12.1. The van der Waals surface area contributed by atoms with Gasteiger partial charge in [-0.2, -0.15) is 5.10 Å². The minimum Gasteiger partial charge on any atom is -0.480 e. The van der Waals surface area contributed by atoms with Gasteiger partial charge < -0.3 is 15.3 Å². The number of carboxylic acid groups (broad SMARTS) is 1. The van der Waals surface area contributed by atoms with Gasteiger partial charge in [0.15, 0.2) is 0 Å². The zero-order chi connectivity index (χ0) is 14.7. The Balaban J connectivity index is 1.96. The summed E-state index contributed by atoms with van der Waals surface area (Å²) in [4.78, 5) is 24.7. The predicted molar refractivity (Wildman–Crippen MR) is 72.2 cm³/mol. The number of amides is 2. The molecule has 2 N–H and O–H groups in total. The van der Waals surface area contributed by atoms with E-state index in [1.165, 1.54) is 4.90 Å². The van der Waals surface area contributed by atoms with Crippen LogP contribution < -0.4 is 5.32 Å². The van der Waals surface area contributed by atoms with Crippen LogP contribution in [0.25, 0.3) is 0 Å². The second-order valence-corrected chi connectivity index (χ2v) is 5.12. The van der Waals surface area contributed by atoms with Gasteiger partial charge in [-0.15, -0.1) is 0 Å². The largest absolute Gasteiger partial charge is 0.480 e. The summed E-state index contributed by atoms with van der Waals surface area (Å²) in [6, 6.07) is -1.03. The number of aryl methyl sites for hydroxylation is 2. The summed E-state index contributed by atoms with van der Waals surface area (Å²) in [5.41, 5.74) is 1.80. The van der Waals surface area contributed by atoms with Crippen LogP contribution in [0.15, 0.2) is 6.20 Å². The van der Waals surface area contributed by atoms with Crippen molar-refractivity contribution in [3.8, 4) is 0 Å². The zero-order valence-electron chi connectivity index (χ0n) is 11.8. The number of carbonyl (C=O) groups is 2. The van der Waals surface area contributed by atoms with Crippen molar-refractivity contribution in [2.75, 3.05) is 6.54 Å². The molecule has 1 aromatic rings. The van der Waals surface area contributed by atoms with Crippen molar-refractivity contribution in [2.45, 2.75) is 38.8 Å². The number of aliphatic carboxylic acids is 1. The van der Waals surface area contributed by atoms with Gasteiger partial charge in [0.2, 0.25) is 0 Å². The van der Waals surface area contributed by atoms with Gasteiger partial charge in [-0.3, -0.25) is 4.68 Å². The first-order valence-electron chi connectivity index (χ1n) is 6.75. The summed E-state index contributed by atoms with van der Waals surface area (Å²) in [6.45, 7) is 2.73. The van der Waals surface area contributed by atoms with Crippen LogP contribution in [-0.2, 0) is 18.4 Å². The monoisotopic (exact) mass is 280 g/mol. The van der Waals surface area contributed by atoms with Gasteiger partial charge in [-0.05, 0) is 26.2 Å². The standard InChI is InChI=1S/C13H20N4O3/c1-9-10(8-16(2)15-9)7-14-13(20)17-6-4-3-5-11(17)12(18)19/h8,11H,3-7H2,1-2H3,(H,14,20)(H,18,19). The molecule has 1 saturated heterocycles. The van der Waals surface area contributed by atoms with Crippen molar-refractivity contribution < 1.29 is 14.7 Å². The van der Waals surface area contributed by atoms with Crippen LogP contribution in [0, 0.1) is 6.92 Å². The number of urea groups is 1. The highest BCUT2D eigenvalue weighted by Crippen LogP contribution is 2.17. The van der Waals surface area contributed by atoms with Crippen LogP contribution in [0.4, 0.5) is 4.79 Å². The van der Waals surface area contributed by atoms with Crippen LogP contribution >= 0.6 is 0 Å². The van der Waals surface area contributed by atoms with E-state index in [1.807, 2.05) is 20.2 Å². The molecule has 1 aliphatic heterocycles. The van der Waals surface area contributed by atoms with E-state index in [0.29, 0.717) is 19.5 Å². The lowest BCUT2D eigenvalue weighted by molar-refractivity contribution is -0.143. The van der Waals surface area contributed by atoms with Crippen LogP contribution in [0.5, 0.6) is 0 Å². The molecule has 20 heavy (non-hydrogen) atoms. The molecule has 1 fully saturated rings. The van der Waals surface area contributed by atoms with E-state index in [4.69, 9.17) is 5.11 Å².